The first-order valence-corrected chi connectivity index (χ1v) is 12.5. The lowest BCUT2D eigenvalue weighted by atomic mass is 10.0. The number of hydrogen-bond donors (Lipinski definition) is 3. The zero-order valence-electron chi connectivity index (χ0n) is 20.8. The molecule has 0 amide bonds. The summed E-state index contributed by atoms with van der Waals surface area (Å²) in [5, 5.41) is 7.03. The Morgan fingerprint density at radius 3 is 2.47 bits per heavy atom. The first-order valence-electron chi connectivity index (χ1n) is 12.5. The van der Waals surface area contributed by atoms with Gasteiger partial charge in [0, 0.05) is 64.6 Å². The molecule has 2 saturated heterocycles. The minimum atomic E-state index is 0.847. The fourth-order valence-corrected chi connectivity index (χ4v) is 4.79. The van der Waals surface area contributed by atoms with Crippen molar-refractivity contribution in [3.63, 3.8) is 0 Å². The summed E-state index contributed by atoms with van der Waals surface area (Å²) < 4.78 is 0. The topological polar surface area (TPSA) is 59.8 Å². The Morgan fingerprint density at radius 1 is 1.03 bits per heavy atom. The number of nitrogens with one attached hydrogen (secondary N) is 2. The Balaban J connectivity index is 1.61. The number of likely N-dealkylation sites (N-methyl/N-ethyl adjacent to an activating group) is 1. The van der Waals surface area contributed by atoms with Gasteiger partial charge in [-0.1, -0.05) is 37.8 Å². The van der Waals surface area contributed by atoms with Crippen molar-refractivity contribution in [2.45, 2.75) is 19.9 Å². The molecule has 4 rings (SSSR count). The molecule has 0 spiro atoms. The second kappa shape index (κ2) is 11.6. The zero-order chi connectivity index (χ0) is 23.9. The Labute approximate surface area is 205 Å². The van der Waals surface area contributed by atoms with Crippen LogP contribution in [0.15, 0.2) is 66.5 Å². The van der Waals surface area contributed by atoms with E-state index in [1.165, 1.54) is 22.4 Å². The fraction of sp³-hybridized carbons (Fsp3) is 0.429. The van der Waals surface area contributed by atoms with Crippen LogP contribution in [0.25, 0.3) is 11.1 Å². The van der Waals surface area contributed by atoms with Gasteiger partial charge in [0.05, 0.1) is 11.4 Å². The van der Waals surface area contributed by atoms with Crippen molar-refractivity contribution in [3.8, 4) is 11.1 Å². The van der Waals surface area contributed by atoms with Gasteiger partial charge in [-0.15, -0.1) is 0 Å². The summed E-state index contributed by atoms with van der Waals surface area (Å²) in [6.07, 6.45) is 2.51. The molecule has 2 aromatic carbocycles. The largest absolute Gasteiger partial charge is 0.404 e. The van der Waals surface area contributed by atoms with Gasteiger partial charge in [-0.05, 0) is 60.1 Å². The van der Waals surface area contributed by atoms with E-state index in [1.807, 2.05) is 0 Å². The number of rotatable bonds is 8. The van der Waals surface area contributed by atoms with Crippen molar-refractivity contribution in [1.82, 2.24) is 15.1 Å². The first kappa shape index (κ1) is 24.3. The van der Waals surface area contributed by atoms with Crippen LogP contribution in [0.4, 0.5) is 11.4 Å². The van der Waals surface area contributed by atoms with Gasteiger partial charge in [0.25, 0.3) is 0 Å². The van der Waals surface area contributed by atoms with Crippen molar-refractivity contribution in [2.75, 3.05) is 69.6 Å². The van der Waals surface area contributed by atoms with E-state index in [1.54, 1.807) is 6.20 Å². The van der Waals surface area contributed by atoms with Gasteiger partial charge < -0.3 is 26.2 Å². The third kappa shape index (κ3) is 6.00. The molecule has 2 aliphatic rings. The van der Waals surface area contributed by atoms with Crippen LogP contribution in [0.2, 0.25) is 0 Å². The monoisotopic (exact) mass is 460 g/mol. The fourth-order valence-electron chi connectivity index (χ4n) is 4.79. The number of piperazine rings is 2. The number of allylic oxidation sites excluding steroid dienone is 1. The van der Waals surface area contributed by atoms with Gasteiger partial charge in [-0.3, -0.25) is 4.90 Å². The average molecular weight is 461 g/mol. The Hall–Kier alpha value is -2.80. The molecule has 6 nitrogen and oxygen atoms in total. The highest BCUT2D eigenvalue weighted by Crippen LogP contribution is 2.34. The van der Waals surface area contributed by atoms with E-state index in [0.29, 0.717) is 0 Å². The van der Waals surface area contributed by atoms with Gasteiger partial charge in [0.1, 0.15) is 0 Å². The molecule has 2 fully saturated rings. The van der Waals surface area contributed by atoms with Crippen LogP contribution in [0.1, 0.15) is 18.9 Å². The van der Waals surface area contributed by atoms with Gasteiger partial charge >= 0.3 is 0 Å². The maximum Gasteiger partial charge on any atom is 0.0628 e. The quantitative estimate of drug-likeness (QED) is 0.523. The van der Waals surface area contributed by atoms with E-state index in [-0.39, 0.29) is 0 Å². The van der Waals surface area contributed by atoms with Crippen molar-refractivity contribution in [3.05, 3.63) is 72.1 Å². The predicted octanol–water partition coefficient (Wildman–Crippen LogP) is 3.69. The molecule has 0 atom stereocenters. The molecule has 0 bridgehead atoms. The molecule has 0 aromatic heterocycles. The van der Waals surface area contributed by atoms with E-state index in [2.05, 4.69) is 88.3 Å². The number of anilines is 2. The van der Waals surface area contributed by atoms with E-state index >= 15 is 0 Å². The van der Waals surface area contributed by atoms with Gasteiger partial charge in [0.2, 0.25) is 0 Å². The lowest BCUT2D eigenvalue weighted by Gasteiger charge is -2.35. The molecule has 0 aliphatic carbocycles. The second-order valence-corrected chi connectivity index (χ2v) is 9.40. The molecule has 2 aromatic rings. The molecule has 182 valence electrons. The number of nitrogens with zero attached hydrogens (tertiary/aromatic N) is 3. The normalized spacial score (nSPS) is 18.2. The zero-order valence-corrected chi connectivity index (χ0v) is 20.8. The van der Waals surface area contributed by atoms with Crippen molar-refractivity contribution >= 4 is 11.4 Å². The number of hydrogen-bond acceptors (Lipinski definition) is 6. The van der Waals surface area contributed by atoms with Crippen LogP contribution in [0, 0.1) is 0 Å². The summed E-state index contributed by atoms with van der Waals surface area (Å²) in [7, 11) is 2.19. The van der Waals surface area contributed by atoms with Crippen LogP contribution < -0.4 is 21.3 Å². The molecule has 0 radical (unpaired) electrons. The highest BCUT2D eigenvalue weighted by atomic mass is 15.3. The highest BCUT2D eigenvalue weighted by Gasteiger charge is 2.19. The Bertz CT molecular complexity index is 1000. The molecule has 2 aliphatic heterocycles. The Kier molecular flexibility index (Phi) is 8.27. The van der Waals surface area contributed by atoms with E-state index in [4.69, 9.17) is 5.73 Å². The molecule has 34 heavy (non-hydrogen) atoms. The van der Waals surface area contributed by atoms with Crippen LogP contribution in [-0.2, 0) is 6.54 Å². The van der Waals surface area contributed by atoms with Crippen LogP contribution in [-0.4, -0.2) is 69.2 Å². The Morgan fingerprint density at radius 2 is 1.76 bits per heavy atom. The van der Waals surface area contributed by atoms with E-state index < -0.39 is 0 Å². The van der Waals surface area contributed by atoms with Gasteiger partial charge in [0.15, 0.2) is 0 Å². The molecule has 0 saturated carbocycles. The summed E-state index contributed by atoms with van der Waals surface area (Å²) in [6, 6.07) is 15.8. The molecular formula is C28H40N6. The lowest BCUT2D eigenvalue weighted by molar-refractivity contribution is 0.233. The maximum atomic E-state index is 5.86. The third-order valence-electron chi connectivity index (χ3n) is 6.97. The first-order chi connectivity index (χ1) is 16.6. The minimum Gasteiger partial charge on any atom is -0.404 e. The molecule has 2 heterocycles. The van der Waals surface area contributed by atoms with Crippen LogP contribution in [0.3, 0.4) is 0 Å². The van der Waals surface area contributed by atoms with Gasteiger partial charge in [-0.2, -0.15) is 0 Å². The molecule has 6 heteroatoms. The smallest absolute Gasteiger partial charge is 0.0628 e. The van der Waals surface area contributed by atoms with Crippen LogP contribution >= 0.6 is 0 Å². The number of benzene rings is 2. The molecule has 0 unspecified atom stereocenters. The summed E-state index contributed by atoms with van der Waals surface area (Å²) in [4.78, 5) is 7.37. The van der Waals surface area contributed by atoms with Crippen molar-refractivity contribution < 1.29 is 0 Å². The lowest BCUT2D eigenvalue weighted by Crippen LogP contribution is -2.44. The second-order valence-electron chi connectivity index (χ2n) is 9.40. The number of nitrogens with two attached hydrogens (primary N) is 1. The predicted molar refractivity (Wildman–Crippen MR) is 145 cm³/mol. The molecule has 4 N–H and O–H groups in total. The van der Waals surface area contributed by atoms with E-state index in [0.717, 1.165) is 82.3 Å². The molecular weight excluding hydrogens is 420 g/mol. The standard InChI is InChI=1S/C28H40N6/c1-4-24(20-29)22(2)31-27-19-26(8-9-28(27)34-16-14-32(3)15-17-34)25-7-5-6-23(18-25)21-33-12-10-30-11-13-33/h5-9,18-20,30-31H,2,4,10-17,21,29H2,1,3H3/b24-20+. The van der Waals surface area contributed by atoms with E-state index in [9.17, 15) is 0 Å². The summed E-state index contributed by atoms with van der Waals surface area (Å²) >= 11 is 0. The average Bonchev–Trinajstić information content (AvgIpc) is 2.86. The highest BCUT2D eigenvalue weighted by molar-refractivity contribution is 5.80. The summed E-state index contributed by atoms with van der Waals surface area (Å²) in [6.45, 7) is 15.9. The van der Waals surface area contributed by atoms with Crippen molar-refractivity contribution in [1.29, 1.82) is 0 Å². The summed E-state index contributed by atoms with van der Waals surface area (Å²) in [5.74, 6) is 0. The SMILES string of the molecule is C=C(Nc1cc(-c2cccc(CN3CCNCC3)c2)ccc1N1CCN(C)CC1)/C(=C/N)CC. The summed E-state index contributed by atoms with van der Waals surface area (Å²) in [5.41, 5.74) is 13.9. The van der Waals surface area contributed by atoms with Crippen molar-refractivity contribution in [2.24, 2.45) is 5.73 Å². The third-order valence-corrected chi connectivity index (χ3v) is 6.97. The van der Waals surface area contributed by atoms with Gasteiger partial charge in [-0.25, -0.2) is 0 Å². The van der Waals surface area contributed by atoms with Crippen LogP contribution in [0.5, 0.6) is 0 Å². The maximum absolute atomic E-state index is 5.86. The minimum absolute atomic E-state index is 0.847.